The highest BCUT2D eigenvalue weighted by Crippen LogP contribution is 2.48. The number of hydrogen-bond donors (Lipinski definition) is 1. The standard InChI is InChI=1S/C27H21F3N6O3S/c28-27(29,30)39-21-11-5-17(6-12-21)16-36(26-24(18-7-8-18)23-4-2-1-3-20(23)15-31-26)40(37,38)22-13-9-19(10-14-22)25-32-34-35-33-25/h1-6,9-15,18H,7-8,16H2,(H,32,33,34,35). The summed E-state index contributed by atoms with van der Waals surface area (Å²) >= 11 is 0. The lowest BCUT2D eigenvalue weighted by molar-refractivity contribution is -0.274. The first kappa shape index (κ1) is 25.7. The molecule has 3 aromatic carbocycles. The molecule has 0 spiro atoms. The number of nitrogens with one attached hydrogen (secondary N) is 1. The molecule has 6 rings (SSSR count). The second-order valence-corrected chi connectivity index (χ2v) is 11.2. The maximum atomic E-state index is 14.2. The minimum Gasteiger partial charge on any atom is -0.406 e. The molecule has 2 heterocycles. The van der Waals surface area contributed by atoms with Gasteiger partial charge in [0.15, 0.2) is 5.82 Å². The van der Waals surface area contributed by atoms with Gasteiger partial charge in [0.05, 0.1) is 11.4 Å². The summed E-state index contributed by atoms with van der Waals surface area (Å²) in [5.41, 5.74) is 1.89. The molecule has 1 N–H and O–H groups in total. The number of H-pyrrole nitrogens is 1. The number of nitrogens with zero attached hydrogens (tertiary/aromatic N) is 5. The number of aromatic amines is 1. The molecule has 204 valence electrons. The topological polar surface area (TPSA) is 114 Å². The van der Waals surface area contributed by atoms with Gasteiger partial charge in [-0.1, -0.05) is 36.4 Å². The highest BCUT2D eigenvalue weighted by Gasteiger charge is 2.35. The van der Waals surface area contributed by atoms with E-state index in [1.54, 1.807) is 18.3 Å². The Bertz CT molecular complexity index is 1760. The highest BCUT2D eigenvalue weighted by atomic mass is 32.2. The van der Waals surface area contributed by atoms with Gasteiger partial charge >= 0.3 is 6.36 Å². The molecular formula is C27H21F3N6O3S. The summed E-state index contributed by atoms with van der Waals surface area (Å²) in [6.07, 6.45) is -1.39. The van der Waals surface area contributed by atoms with Crippen molar-refractivity contribution in [3.63, 3.8) is 0 Å². The summed E-state index contributed by atoms with van der Waals surface area (Å²) in [7, 11) is -4.18. The highest BCUT2D eigenvalue weighted by molar-refractivity contribution is 7.92. The van der Waals surface area contributed by atoms with E-state index in [2.05, 4.69) is 30.3 Å². The van der Waals surface area contributed by atoms with E-state index < -0.39 is 22.1 Å². The van der Waals surface area contributed by atoms with E-state index >= 15 is 0 Å². The lowest BCUT2D eigenvalue weighted by Crippen LogP contribution is -2.32. The SMILES string of the molecule is O=S(=O)(c1ccc(-c2nnn[nH]2)cc1)N(Cc1ccc(OC(F)(F)F)cc1)c1ncc2ccccc2c1C1CC1. The Labute approximate surface area is 226 Å². The van der Waals surface area contributed by atoms with Crippen LogP contribution in [0.3, 0.4) is 0 Å². The zero-order valence-electron chi connectivity index (χ0n) is 20.7. The molecule has 9 nitrogen and oxygen atoms in total. The molecular weight excluding hydrogens is 545 g/mol. The van der Waals surface area contributed by atoms with Gasteiger partial charge in [0.2, 0.25) is 0 Å². The average Bonchev–Trinajstić information content (AvgIpc) is 3.63. The molecule has 0 saturated heterocycles. The van der Waals surface area contributed by atoms with E-state index in [-0.39, 0.29) is 17.4 Å². The molecule has 0 atom stereocenters. The number of tetrazole rings is 1. The monoisotopic (exact) mass is 566 g/mol. The Morgan fingerprint density at radius 3 is 2.35 bits per heavy atom. The number of anilines is 1. The summed E-state index contributed by atoms with van der Waals surface area (Å²) in [6.45, 7) is -0.159. The van der Waals surface area contributed by atoms with E-state index in [0.717, 1.165) is 41.3 Å². The Balaban J connectivity index is 1.44. The maximum absolute atomic E-state index is 14.2. The first-order chi connectivity index (χ1) is 19.2. The number of rotatable bonds is 8. The van der Waals surface area contributed by atoms with Crippen LogP contribution in [0.5, 0.6) is 5.75 Å². The molecule has 1 aliphatic rings. The Hall–Kier alpha value is -4.52. The van der Waals surface area contributed by atoms with Crippen LogP contribution in [0.4, 0.5) is 19.0 Å². The molecule has 0 aliphatic heterocycles. The van der Waals surface area contributed by atoms with Gasteiger partial charge in [0.25, 0.3) is 10.0 Å². The normalized spacial score (nSPS) is 13.9. The molecule has 13 heteroatoms. The molecule has 2 aromatic heterocycles. The van der Waals surface area contributed by atoms with Crippen LogP contribution in [-0.2, 0) is 16.6 Å². The molecule has 0 unspecified atom stereocenters. The minimum atomic E-state index is -4.83. The van der Waals surface area contributed by atoms with Gasteiger partial charge in [-0.25, -0.2) is 22.8 Å². The zero-order chi connectivity index (χ0) is 27.9. The van der Waals surface area contributed by atoms with E-state index in [9.17, 15) is 21.6 Å². The molecule has 0 bridgehead atoms. The number of ether oxygens (including phenoxy) is 1. The number of pyridine rings is 1. The van der Waals surface area contributed by atoms with Crippen LogP contribution < -0.4 is 9.04 Å². The third-order valence-corrected chi connectivity index (χ3v) is 8.33. The molecule has 0 radical (unpaired) electrons. The van der Waals surface area contributed by atoms with Crippen LogP contribution >= 0.6 is 0 Å². The predicted octanol–water partition coefficient (Wildman–Crippen LogP) is 5.59. The third-order valence-electron chi connectivity index (χ3n) is 6.58. The number of benzene rings is 3. The van der Waals surface area contributed by atoms with Crippen molar-refractivity contribution in [1.29, 1.82) is 0 Å². The smallest absolute Gasteiger partial charge is 0.406 e. The van der Waals surface area contributed by atoms with Gasteiger partial charge in [-0.05, 0) is 76.5 Å². The fraction of sp³-hybridized carbons (Fsp3) is 0.185. The van der Waals surface area contributed by atoms with E-state index in [1.807, 2.05) is 24.3 Å². The van der Waals surface area contributed by atoms with Gasteiger partial charge in [-0.2, -0.15) is 0 Å². The number of alkyl halides is 3. The van der Waals surface area contributed by atoms with Crippen LogP contribution in [0.1, 0.15) is 29.9 Å². The quantitative estimate of drug-likeness (QED) is 0.261. The van der Waals surface area contributed by atoms with Crippen molar-refractivity contribution >= 4 is 26.6 Å². The Morgan fingerprint density at radius 1 is 0.975 bits per heavy atom. The largest absolute Gasteiger partial charge is 0.573 e. The fourth-order valence-electron chi connectivity index (χ4n) is 4.58. The van der Waals surface area contributed by atoms with Gasteiger partial charge in [-0.15, -0.1) is 18.3 Å². The molecule has 1 aliphatic carbocycles. The second-order valence-electron chi connectivity index (χ2n) is 9.33. The van der Waals surface area contributed by atoms with Crippen molar-refractivity contribution < 1.29 is 26.3 Å². The van der Waals surface area contributed by atoms with Crippen molar-refractivity contribution in [3.05, 3.63) is 90.1 Å². The van der Waals surface area contributed by atoms with E-state index in [1.165, 1.54) is 28.6 Å². The first-order valence-electron chi connectivity index (χ1n) is 12.3. The van der Waals surface area contributed by atoms with Crippen molar-refractivity contribution in [2.24, 2.45) is 0 Å². The number of hydrogen-bond acceptors (Lipinski definition) is 7. The van der Waals surface area contributed by atoms with Crippen LogP contribution in [0.15, 0.2) is 83.9 Å². The predicted molar refractivity (Wildman–Crippen MR) is 140 cm³/mol. The number of sulfonamides is 1. The molecule has 1 saturated carbocycles. The van der Waals surface area contributed by atoms with Gasteiger partial charge in [0.1, 0.15) is 11.6 Å². The van der Waals surface area contributed by atoms with Crippen LogP contribution in [0.2, 0.25) is 0 Å². The lowest BCUT2D eigenvalue weighted by Gasteiger charge is -2.27. The Morgan fingerprint density at radius 2 is 1.70 bits per heavy atom. The summed E-state index contributed by atoms with van der Waals surface area (Å²) in [4.78, 5) is 4.63. The lowest BCUT2D eigenvalue weighted by atomic mass is 10.0. The van der Waals surface area contributed by atoms with E-state index in [0.29, 0.717) is 22.8 Å². The zero-order valence-corrected chi connectivity index (χ0v) is 21.5. The molecule has 40 heavy (non-hydrogen) atoms. The van der Waals surface area contributed by atoms with E-state index in [4.69, 9.17) is 0 Å². The van der Waals surface area contributed by atoms with Gasteiger partial charge in [-0.3, -0.25) is 0 Å². The third kappa shape index (κ3) is 5.19. The summed E-state index contributed by atoms with van der Waals surface area (Å²) in [6, 6.07) is 18.9. The molecule has 0 amide bonds. The minimum absolute atomic E-state index is 0.0115. The second kappa shape index (κ2) is 9.90. The van der Waals surface area contributed by atoms with Crippen molar-refractivity contribution in [3.8, 4) is 17.1 Å². The van der Waals surface area contributed by atoms with Crippen LogP contribution in [0, 0.1) is 0 Å². The average molecular weight is 567 g/mol. The summed E-state index contributed by atoms with van der Waals surface area (Å²) in [5, 5.41) is 15.4. The number of halogens is 3. The summed E-state index contributed by atoms with van der Waals surface area (Å²) < 4.78 is 71.5. The number of aromatic nitrogens is 5. The van der Waals surface area contributed by atoms with Crippen LogP contribution in [-0.4, -0.2) is 40.4 Å². The maximum Gasteiger partial charge on any atom is 0.573 e. The summed E-state index contributed by atoms with van der Waals surface area (Å²) in [5.74, 6) is 0.426. The first-order valence-corrected chi connectivity index (χ1v) is 13.7. The van der Waals surface area contributed by atoms with Crippen molar-refractivity contribution in [2.75, 3.05) is 4.31 Å². The van der Waals surface area contributed by atoms with Crippen LogP contribution in [0.25, 0.3) is 22.2 Å². The Kier molecular flexibility index (Phi) is 6.37. The molecule has 5 aromatic rings. The van der Waals surface area contributed by atoms with Gasteiger partial charge in [0, 0.05) is 22.7 Å². The van der Waals surface area contributed by atoms with Crippen molar-refractivity contribution in [2.45, 2.75) is 36.6 Å². The molecule has 1 fully saturated rings. The fourth-order valence-corrected chi connectivity index (χ4v) is 6.00. The van der Waals surface area contributed by atoms with Gasteiger partial charge < -0.3 is 4.74 Å². The van der Waals surface area contributed by atoms with Crippen molar-refractivity contribution in [1.82, 2.24) is 25.6 Å². The number of fused-ring (bicyclic) bond motifs is 1.